The number of aromatic nitrogens is 2. The zero-order valence-corrected chi connectivity index (χ0v) is 10.1. The van der Waals surface area contributed by atoms with Crippen molar-refractivity contribution in [3.8, 4) is 11.5 Å². The first-order chi connectivity index (χ1) is 8.91. The molecule has 7 heteroatoms. The molecule has 19 heavy (non-hydrogen) atoms. The molecule has 1 heterocycles. The van der Waals surface area contributed by atoms with Crippen LogP contribution < -0.4 is 5.73 Å². The van der Waals surface area contributed by atoms with Crippen molar-refractivity contribution in [2.24, 2.45) is 5.73 Å². The number of nitrogens with two attached hydrogens (primary N) is 1. The molecule has 0 saturated carbocycles. The van der Waals surface area contributed by atoms with Crippen molar-refractivity contribution in [3.05, 3.63) is 35.7 Å². The highest BCUT2D eigenvalue weighted by molar-refractivity contribution is 5.54. The predicted molar refractivity (Wildman–Crippen MR) is 62.2 cm³/mol. The van der Waals surface area contributed by atoms with Crippen molar-refractivity contribution in [3.63, 3.8) is 0 Å². The first-order valence-corrected chi connectivity index (χ1v) is 5.63. The quantitative estimate of drug-likeness (QED) is 0.932. The molecule has 0 aliphatic heterocycles. The van der Waals surface area contributed by atoms with Gasteiger partial charge < -0.3 is 10.3 Å². The molecule has 2 rings (SSSR count). The summed E-state index contributed by atoms with van der Waals surface area (Å²) in [6, 6.07) is 4.75. The van der Waals surface area contributed by atoms with Gasteiger partial charge in [0.2, 0.25) is 0 Å². The lowest BCUT2D eigenvalue weighted by Crippen LogP contribution is -2.10. The second kappa shape index (κ2) is 5.00. The Bertz CT molecular complexity index is 565. The normalized spacial score (nSPS) is 13.5. The second-order valence-corrected chi connectivity index (χ2v) is 4.17. The van der Waals surface area contributed by atoms with Gasteiger partial charge in [0.05, 0.1) is 5.56 Å². The lowest BCUT2D eigenvalue weighted by atomic mass is 10.1. The largest absolute Gasteiger partial charge is 0.416 e. The molecule has 0 aliphatic rings. The monoisotopic (exact) mass is 271 g/mol. The maximum Gasteiger partial charge on any atom is 0.416 e. The molecule has 0 saturated heterocycles. The fourth-order valence-electron chi connectivity index (χ4n) is 1.49. The lowest BCUT2D eigenvalue weighted by molar-refractivity contribution is -0.137. The van der Waals surface area contributed by atoms with E-state index in [2.05, 4.69) is 10.1 Å². The number of benzene rings is 1. The third-order valence-electron chi connectivity index (χ3n) is 2.67. The van der Waals surface area contributed by atoms with Crippen LogP contribution in [0.4, 0.5) is 13.2 Å². The molecule has 2 aromatic rings. The average Bonchev–Trinajstić information content (AvgIpc) is 2.86. The molecule has 102 valence electrons. The molecule has 1 atom stereocenters. The van der Waals surface area contributed by atoms with Gasteiger partial charge in [-0.3, -0.25) is 0 Å². The van der Waals surface area contributed by atoms with Crippen LogP contribution in [0.5, 0.6) is 0 Å². The molecule has 1 unspecified atom stereocenters. The van der Waals surface area contributed by atoms with E-state index in [0.29, 0.717) is 12.4 Å². The highest BCUT2D eigenvalue weighted by atomic mass is 19.4. The smallest absolute Gasteiger partial charge is 0.334 e. The third-order valence-corrected chi connectivity index (χ3v) is 2.67. The molecule has 0 spiro atoms. The predicted octanol–water partition coefficient (Wildman–Crippen LogP) is 2.82. The van der Waals surface area contributed by atoms with Gasteiger partial charge in [0.25, 0.3) is 5.89 Å². The highest BCUT2D eigenvalue weighted by Crippen LogP contribution is 2.31. The van der Waals surface area contributed by atoms with Crippen molar-refractivity contribution in [2.45, 2.75) is 19.0 Å². The third kappa shape index (κ3) is 2.93. The van der Waals surface area contributed by atoms with Crippen LogP contribution in [0.15, 0.2) is 28.8 Å². The second-order valence-electron chi connectivity index (χ2n) is 4.17. The minimum atomic E-state index is -4.40. The topological polar surface area (TPSA) is 64.9 Å². The zero-order valence-electron chi connectivity index (χ0n) is 10.1. The van der Waals surface area contributed by atoms with Gasteiger partial charge in [-0.15, -0.1) is 0 Å². The van der Waals surface area contributed by atoms with Crippen molar-refractivity contribution in [1.29, 1.82) is 0 Å². The van der Waals surface area contributed by atoms with E-state index >= 15 is 0 Å². The summed E-state index contributed by atoms with van der Waals surface area (Å²) in [5, 5.41) is 3.71. The average molecular weight is 271 g/mol. The Morgan fingerprint density at radius 1 is 1.37 bits per heavy atom. The molecular weight excluding hydrogens is 259 g/mol. The van der Waals surface area contributed by atoms with Crippen LogP contribution >= 0.6 is 0 Å². The van der Waals surface area contributed by atoms with E-state index in [4.69, 9.17) is 10.3 Å². The van der Waals surface area contributed by atoms with Crippen molar-refractivity contribution in [2.75, 3.05) is 6.54 Å². The molecule has 0 fully saturated rings. The fraction of sp³-hybridized carbons (Fsp3) is 0.333. The summed E-state index contributed by atoms with van der Waals surface area (Å²) in [4.78, 5) is 4.05. The van der Waals surface area contributed by atoms with E-state index in [-0.39, 0.29) is 17.4 Å². The van der Waals surface area contributed by atoms with Crippen molar-refractivity contribution in [1.82, 2.24) is 10.1 Å². The molecule has 0 radical (unpaired) electrons. The Morgan fingerprint density at radius 2 is 2.11 bits per heavy atom. The van der Waals surface area contributed by atoms with Gasteiger partial charge in [-0.05, 0) is 18.2 Å². The number of nitrogens with zero attached hydrogens (tertiary/aromatic N) is 2. The van der Waals surface area contributed by atoms with Crippen LogP contribution in [0.3, 0.4) is 0 Å². The Hall–Kier alpha value is -1.89. The van der Waals surface area contributed by atoms with E-state index in [1.165, 1.54) is 12.1 Å². The van der Waals surface area contributed by atoms with Crippen LogP contribution in [0.2, 0.25) is 0 Å². The Kier molecular flexibility index (Phi) is 3.57. The SMILES string of the molecule is CC(CN)c1noc(-c2cccc(C(F)(F)F)c2)n1. The molecule has 2 N–H and O–H groups in total. The Morgan fingerprint density at radius 3 is 2.74 bits per heavy atom. The number of hydrogen-bond donors (Lipinski definition) is 1. The molecule has 4 nitrogen and oxygen atoms in total. The number of hydrogen-bond acceptors (Lipinski definition) is 4. The van der Waals surface area contributed by atoms with Crippen LogP contribution in [-0.2, 0) is 6.18 Å². The van der Waals surface area contributed by atoms with Gasteiger partial charge in [0, 0.05) is 18.0 Å². The minimum absolute atomic E-state index is 0.0569. The van der Waals surface area contributed by atoms with E-state index in [1.54, 1.807) is 6.92 Å². The van der Waals surface area contributed by atoms with Crippen LogP contribution in [0.1, 0.15) is 24.2 Å². The Labute approximate surface area is 107 Å². The number of alkyl halides is 3. The van der Waals surface area contributed by atoms with Gasteiger partial charge >= 0.3 is 6.18 Å². The van der Waals surface area contributed by atoms with E-state index < -0.39 is 11.7 Å². The van der Waals surface area contributed by atoms with Crippen molar-refractivity contribution >= 4 is 0 Å². The van der Waals surface area contributed by atoms with Crippen LogP contribution in [-0.4, -0.2) is 16.7 Å². The maximum absolute atomic E-state index is 12.6. The molecule has 1 aromatic carbocycles. The summed E-state index contributed by atoms with van der Waals surface area (Å²) in [5.74, 6) is 0.333. The van der Waals surface area contributed by atoms with Gasteiger partial charge in [-0.1, -0.05) is 18.1 Å². The summed E-state index contributed by atoms with van der Waals surface area (Å²) in [5.41, 5.74) is 4.94. The first kappa shape index (κ1) is 13.5. The van der Waals surface area contributed by atoms with Gasteiger partial charge in [0.15, 0.2) is 5.82 Å². The molecule has 0 aliphatic carbocycles. The number of rotatable bonds is 3. The summed E-state index contributed by atoms with van der Waals surface area (Å²) in [6.07, 6.45) is -4.40. The van der Waals surface area contributed by atoms with Crippen LogP contribution in [0, 0.1) is 0 Å². The Balaban J connectivity index is 2.34. The summed E-state index contributed by atoms with van der Waals surface area (Å²) in [7, 11) is 0. The van der Waals surface area contributed by atoms with Gasteiger partial charge in [0.1, 0.15) is 0 Å². The van der Waals surface area contributed by atoms with E-state index in [0.717, 1.165) is 12.1 Å². The minimum Gasteiger partial charge on any atom is -0.334 e. The molecule has 1 aromatic heterocycles. The fourth-order valence-corrected chi connectivity index (χ4v) is 1.49. The first-order valence-electron chi connectivity index (χ1n) is 5.63. The summed E-state index contributed by atoms with van der Waals surface area (Å²) >= 11 is 0. The zero-order chi connectivity index (χ0) is 14.0. The van der Waals surface area contributed by atoms with E-state index in [9.17, 15) is 13.2 Å². The maximum atomic E-state index is 12.6. The van der Waals surface area contributed by atoms with Crippen LogP contribution in [0.25, 0.3) is 11.5 Å². The standard InChI is InChI=1S/C12H12F3N3O/c1-7(6-16)10-17-11(19-18-10)8-3-2-4-9(5-8)12(13,14)15/h2-5,7H,6,16H2,1H3. The summed E-state index contributed by atoms with van der Waals surface area (Å²) in [6.45, 7) is 2.14. The highest BCUT2D eigenvalue weighted by Gasteiger charge is 2.30. The van der Waals surface area contributed by atoms with E-state index in [1.807, 2.05) is 0 Å². The van der Waals surface area contributed by atoms with Gasteiger partial charge in [-0.2, -0.15) is 18.2 Å². The number of halogens is 3. The summed E-state index contributed by atoms with van der Waals surface area (Å²) < 4.78 is 42.7. The lowest BCUT2D eigenvalue weighted by Gasteiger charge is -2.06. The molecule has 0 amide bonds. The van der Waals surface area contributed by atoms with Crippen molar-refractivity contribution < 1.29 is 17.7 Å². The molecule has 0 bridgehead atoms. The van der Waals surface area contributed by atoms with Gasteiger partial charge in [-0.25, -0.2) is 0 Å². The molecular formula is C12H12F3N3O.